The Hall–Kier alpha value is -1.55. The molecule has 0 heterocycles. The van der Waals surface area contributed by atoms with Crippen molar-refractivity contribution >= 4 is 17.3 Å². The van der Waals surface area contributed by atoms with Gasteiger partial charge in [-0.1, -0.05) is 38.3 Å². The number of hydrogen-bond acceptors (Lipinski definition) is 3. The molecule has 0 saturated carbocycles. The van der Waals surface area contributed by atoms with Gasteiger partial charge in [0.25, 0.3) is 5.91 Å². The third-order valence-corrected chi connectivity index (χ3v) is 2.95. The van der Waals surface area contributed by atoms with Crippen molar-refractivity contribution in [1.82, 2.24) is 0 Å². The fourth-order valence-corrected chi connectivity index (χ4v) is 1.71. The highest BCUT2D eigenvalue weighted by Gasteiger charge is 2.14. The van der Waals surface area contributed by atoms with Crippen molar-refractivity contribution in [1.29, 1.82) is 0 Å². The first-order chi connectivity index (χ1) is 9.15. The number of benzene rings is 1. The Morgan fingerprint density at radius 1 is 1.32 bits per heavy atom. The summed E-state index contributed by atoms with van der Waals surface area (Å²) in [5.74, 6) is -0.159. The van der Waals surface area contributed by atoms with Crippen molar-refractivity contribution in [2.24, 2.45) is 0 Å². The molecule has 1 aromatic rings. The molecule has 1 unspecified atom stereocenters. The number of unbranched alkanes of at least 4 members (excludes halogenated alkanes) is 3. The van der Waals surface area contributed by atoms with E-state index in [4.69, 9.17) is 10.5 Å². The number of carbonyl (C=O) groups is 1. The molecule has 19 heavy (non-hydrogen) atoms. The van der Waals surface area contributed by atoms with Crippen LogP contribution in [0.1, 0.15) is 39.5 Å². The average molecular weight is 264 g/mol. The van der Waals surface area contributed by atoms with Gasteiger partial charge in [-0.25, -0.2) is 0 Å². The maximum Gasteiger partial charge on any atom is 0.253 e. The molecule has 1 atom stereocenters. The van der Waals surface area contributed by atoms with Crippen molar-refractivity contribution in [3.05, 3.63) is 24.3 Å². The van der Waals surface area contributed by atoms with Crippen molar-refractivity contribution in [3.63, 3.8) is 0 Å². The molecule has 0 radical (unpaired) electrons. The third-order valence-electron chi connectivity index (χ3n) is 2.95. The fourth-order valence-electron chi connectivity index (χ4n) is 1.71. The van der Waals surface area contributed by atoms with Crippen LogP contribution >= 0.6 is 0 Å². The van der Waals surface area contributed by atoms with Gasteiger partial charge in [-0.2, -0.15) is 0 Å². The van der Waals surface area contributed by atoms with E-state index < -0.39 is 6.10 Å². The lowest BCUT2D eigenvalue weighted by atomic mass is 10.2. The summed E-state index contributed by atoms with van der Waals surface area (Å²) in [5, 5.41) is 2.77. The van der Waals surface area contributed by atoms with Crippen molar-refractivity contribution in [2.75, 3.05) is 17.7 Å². The zero-order chi connectivity index (χ0) is 14.1. The van der Waals surface area contributed by atoms with Crippen LogP contribution in [0.5, 0.6) is 0 Å². The van der Waals surface area contributed by atoms with Crippen LogP contribution in [0, 0.1) is 0 Å². The summed E-state index contributed by atoms with van der Waals surface area (Å²) < 4.78 is 5.51. The number of amides is 1. The van der Waals surface area contributed by atoms with Crippen molar-refractivity contribution in [3.8, 4) is 0 Å². The second kappa shape index (κ2) is 8.53. The Morgan fingerprint density at radius 3 is 2.74 bits per heavy atom. The lowest BCUT2D eigenvalue weighted by molar-refractivity contribution is -0.126. The topological polar surface area (TPSA) is 64.3 Å². The molecule has 0 aliphatic carbocycles. The predicted octanol–water partition coefficient (Wildman–Crippen LogP) is 3.19. The normalized spacial score (nSPS) is 12.1. The Morgan fingerprint density at radius 2 is 2.05 bits per heavy atom. The number of nitrogen functional groups attached to an aromatic ring is 1. The van der Waals surface area contributed by atoms with Crippen LogP contribution in [0.3, 0.4) is 0 Å². The van der Waals surface area contributed by atoms with Gasteiger partial charge in [0.15, 0.2) is 0 Å². The quantitative estimate of drug-likeness (QED) is 0.560. The maximum absolute atomic E-state index is 11.9. The minimum Gasteiger partial charge on any atom is -0.397 e. The number of carbonyl (C=O) groups excluding carboxylic acids is 1. The molecule has 1 rings (SSSR count). The summed E-state index contributed by atoms with van der Waals surface area (Å²) in [4.78, 5) is 11.9. The summed E-state index contributed by atoms with van der Waals surface area (Å²) in [7, 11) is 0. The van der Waals surface area contributed by atoms with Gasteiger partial charge in [-0.15, -0.1) is 0 Å². The molecule has 0 spiro atoms. The summed E-state index contributed by atoms with van der Waals surface area (Å²) in [6, 6.07) is 7.20. The van der Waals surface area contributed by atoms with Crippen LogP contribution in [0.15, 0.2) is 24.3 Å². The number of hydrogen-bond donors (Lipinski definition) is 2. The molecule has 106 valence electrons. The monoisotopic (exact) mass is 264 g/mol. The lowest BCUT2D eigenvalue weighted by Gasteiger charge is -2.14. The molecule has 0 aliphatic rings. The maximum atomic E-state index is 11.9. The predicted molar refractivity (Wildman–Crippen MR) is 79.0 cm³/mol. The zero-order valence-electron chi connectivity index (χ0n) is 11.8. The largest absolute Gasteiger partial charge is 0.397 e. The van der Waals surface area contributed by atoms with Crippen LogP contribution in [0.25, 0.3) is 0 Å². The molecule has 0 aromatic heterocycles. The van der Waals surface area contributed by atoms with Gasteiger partial charge in [0.05, 0.1) is 11.4 Å². The van der Waals surface area contributed by atoms with E-state index in [2.05, 4.69) is 12.2 Å². The smallest absolute Gasteiger partial charge is 0.253 e. The highest BCUT2D eigenvalue weighted by molar-refractivity contribution is 5.96. The van der Waals surface area contributed by atoms with E-state index in [0.717, 1.165) is 12.8 Å². The van der Waals surface area contributed by atoms with E-state index in [-0.39, 0.29) is 5.91 Å². The Labute approximate surface area is 115 Å². The van der Waals surface area contributed by atoms with E-state index in [9.17, 15) is 4.79 Å². The number of para-hydroxylation sites is 2. The molecule has 1 amide bonds. The lowest BCUT2D eigenvalue weighted by Crippen LogP contribution is -2.28. The molecule has 1 aromatic carbocycles. The second-order valence-electron chi connectivity index (χ2n) is 4.65. The standard InChI is InChI=1S/C15H24N2O2/c1-3-4-5-8-11-19-12(2)15(18)17-14-10-7-6-9-13(14)16/h6-7,9-10,12H,3-5,8,11,16H2,1-2H3,(H,17,18). The van der Waals surface area contributed by atoms with Crippen LogP contribution in [-0.2, 0) is 9.53 Å². The van der Waals surface area contributed by atoms with Gasteiger partial charge in [-0.05, 0) is 25.5 Å². The molecule has 0 saturated heterocycles. The van der Waals surface area contributed by atoms with Crippen LogP contribution in [0.2, 0.25) is 0 Å². The third kappa shape index (κ3) is 5.75. The van der Waals surface area contributed by atoms with Crippen molar-refractivity contribution in [2.45, 2.75) is 45.6 Å². The van der Waals surface area contributed by atoms with E-state index in [1.807, 2.05) is 12.1 Å². The second-order valence-corrected chi connectivity index (χ2v) is 4.65. The SMILES string of the molecule is CCCCCCOC(C)C(=O)Nc1ccccc1N. The van der Waals surface area contributed by atoms with Gasteiger partial charge in [0, 0.05) is 6.61 Å². The molecule has 0 fully saturated rings. The van der Waals surface area contributed by atoms with Gasteiger partial charge < -0.3 is 15.8 Å². The average Bonchev–Trinajstić information content (AvgIpc) is 2.41. The molecule has 0 aliphatic heterocycles. The highest BCUT2D eigenvalue weighted by atomic mass is 16.5. The number of anilines is 2. The van der Waals surface area contributed by atoms with Gasteiger partial charge in [0.2, 0.25) is 0 Å². The van der Waals surface area contributed by atoms with Gasteiger partial charge in [-0.3, -0.25) is 4.79 Å². The van der Waals surface area contributed by atoms with Gasteiger partial charge >= 0.3 is 0 Å². The summed E-state index contributed by atoms with van der Waals surface area (Å²) >= 11 is 0. The van der Waals surface area contributed by atoms with E-state index in [0.29, 0.717) is 18.0 Å². The molecule has 3 N–H and O–H groups in total. The summed E-state index contributed by atoms with van der Waals surface area (Å²) in [6.07, 6.45) is 4.10. The number of nitrogens with one attached hydrogen (secondary N) is 1. The molecular formula is C15H24N2O2. The number of nitrogens with two attached hydrogens (primary N) is 1. The Balaban J connectivity index is 2.31. The summed E-state index contributed by atoms with van der Waals surface area (Å²) in [6.45, 7) is 4.55. The summed E-state index contributed by atoms with van der Waals surface area (Å²) in [5.41, 5.74) is 6.96. The van der Waals surface area contributed by atoms with E-state index in [1.165, 1.54) is 12.8 Å². The Bertz CT molecular complexity index is 393. The fraction of sp³-hybridized carbons (Fsp3) is 0.533. The molecule has 0 bridgehead atoms. The minimum absolute atomic E-state index is 0.159. The first kappa shape index (κ1) is 15.5. The molecule has 4 heteroatoms. The first-order valence-electron chi connectivity index (χ1n) is 6.92. The van der Waals surface area contributed by atoms with Crippen LogP contribution < -0.4 is 11.1 Å². The number of rotatable bonds is 8. The molecule has 4 nitrogen and oxygen atoms in total. The van der Waals surface area contributed by atoms with Crippen LogP contribution in [0.4, 0.5) is 11.4 Å². The zero-order valence-corrected chi connectivity index (χ0v) is 11.8. The van der Waals surface area contributed by atoms with E-state index in [1.54, 1.807) is 19.1 Å². The van der Waals surface area contributed by atoms with Crippen LogP contribution in [-0.4, -0.2) is 18.6 Å². The number of ether oxygens (including phenoxy) is 1. The van der Waals surface area contributed by atoms with E-state index >= 15 is 0 Å². The van der Waals surface area contributed by atoms with Crippen molar-refractivity contribution < 1.29 is 9.53 Å². The first-order valence-corrected chi connectivity index (χ1v) is 6.92. The minimum atomic E-state index is -0.457. The highest BCUT2D eigenvalue weighted by Crippen LogP contribution is 2.17. The molecular weight excluding hydrogens is 240 g/mol. The van der Waals surface area contributed by atoms with Gasteiger partial charge in [0.1, 0.15) is 6.10 Å². The Kier molecular flexibility index (Phi) is 6.97.